The van der Waals surface area contributed by atoms with Crippen LogP contribution in [0.25, 0.3) is 5.65 Å². The molecule has 3 aromatic rings. The van der Waals surface area contributed by atoms with Gasteiger partial charge in [-0.1, -0.05) is 13.8 Å². The van der Waals surface area contributed by atoms with Crippen molar-refractivity contribution in [1.29, 1.82) is 0 Å². The molecule has 1 fully saturated rings. The van der Waals surface area contributed by atoms with Crippen LogP contribution in [0.2, 0.25) is 0 Å². The molecule has 33 heavy (non-hydrogen) atoms. The van der Waals surface area contributed by atoms with Crippen molar-refractivity contribution in [3.8, 4) is 17.2 Å². The summed E-state index contributed by atoms with van der Waals surface area (Å²) in [7, 11) is 0. The van der Waals surface area contributed by atoms with Gasteiger partial charge in [0.05, 0.1) is 12.5 Å². The Morgan fingerprint density at radius 1 is 1.12 bits per heavy atom. The van der Waals surface area contributed by atoms with Crippen molar-refractivity contribution in [2.45, 2.75) is 52.5 Å². The van der Waals surface area contributed by atoms with E-state index in [9.17, 15) is 4.79 Å². The van der Waals surface area contributed by atoms with Crippen molar-refractivity contribution in [1.82, 2.24) is 14.6 Å². The zero-order valence-corrected chi connectivity index (χ0v) is 19.1. The number of anilines is 1. The molecule has 0 saturated carbocycles. The number of rotatable bonds is 4. The van der Waals surface area contributed by atoms with Crippen LogP contribution in [0.1, 0.15) is 56.3 Å². The molecule has 0 unspecified atom stereocenters. The minimum Gasteiger partial charge on any atom is -0.490 e. The van der Waals surface area contributed by atoms with Crippen molar-refractivity contribution in [3.05, 3.63) is 51.4 Å². The molecule has 1 aromatic carbocycles. The van der Waals surface area contributed by atoms with Gasteiger partial charge in [0.15, 0.2) is 23.0 Å². The maximum atomic E-state index is 12.8. The monoisotopic (exact) mass is 455 g/mol. The van der Waals surface area contributed by atoms with E-state index in [-0.39, 0.29) is 23.0 Å². The molecular weight excluding hydrogens is 420 g/mol. The second-order valence-corrected chi connectivity index (χ2v) is 8.63. The Morgan fingerprint density at radius 2 is 1.85 bits per heavy atom. The number of fused-ring (bicyclic) bond motifs is 2. The summed E-state index contributed by atoms with van der Waals surface area (Å²) in [5.41, 5.74) is 2.87. The van der Waals surface area contributed by atoms with Crippen molar-refractivity contribution in [2.75, 3.05) is 31.1 Å². The number of hydrogen-bond acceptors (Lipinski definition) is 7. The lowest BCUT2D eigenvalue weighted by Gasteiger charge is -2.34. The summed E-state index contributed by atoms with van der Waals surface area (Å²) in [5, 5.41) is 4.63. The summed E-state index contributed by atoms with van der Waals surface area (Å²) in [5.74, 6) is 1.16. The van der Waals surface area contributed by atoms with Gasteiger partial charge in [-0.2, -0.15) is 4.52 Å². The normalized spacial score (nSPS) is 22.7. The molecule has 8 nitrogen and oxygen atoms in total. The number of aryl methyl sites for hydroxylation is 1. The van der Waals surface area contributed by atoms with Crippen LogP contribution < -0.4 is 24.7 Å². The third kappa shape index (κ3) is 4.10. The highest BCUT2D eigenvalue weighted by Gasteiger charge is 2.25. The Labute approximate surface area is 200 Å². The van der Waals surface area contributed by atoms with Crippen LogP contribution in [0, 0.1) is 13.8 Å². The second kappa shape index (κ2) is 8.57. The second-order valence-electron chi connectivity index (χ2n) is 8.63. The van der Waals surface area contributed by atoms with Crippen LogP contribution >= 0.6 is 0 Å². The number of hydrogen-bond donors (Lipinski definition) is 0. The summed E-state index contributed by atoms with van der Waals surface area (Å²) in [6, 6.07) is 5.92. The summed E-state index contributed by atoms with van der Waals surface area (Å²) in [6.07, 6.45) is -0.552. The Kier molecular flexibility index (Phi) is 4.25. The van der Waals surface area contributed by atoms with Crippen molar-refractivity contribution >= 4 is 11.5 Å². The molecule has 2 aliphatic rings. The van der Waals surface area contributed by atoms with Gasteiger partial charge in [0.1, 0.15) is 24.9 Å². The molecule has 2 aliphatic heterocycles. The topological polar surface area (TPSA) is 78.2 Å². The van der Waals surface area contributed by atoms with Crippen molar-refractivity contribution in [2.24, 2.45) is 0 Å². The van der Waals surface area contributed by atoms with Gasteiger partial charge in [0.25, 0.3) is 5.56 Å². The number of ether oxygens (including phenoxy) is 3. The van der Waals surface area contributed by atoms with E-state index in [1.807, 2.05) is 32.6 Å². The third-order valence-electron chi connectivity index (χ3n) is 6.10. The zero-order valence-electron chi connectivity index (χ0n) is 24.1. The van der Waals surface area contributed by atoms with E-state index in [2.05, 4.69) is 10.1 Å². The fourth-order valence-corrected chi connectivity index (χ4v) is 4.04. The Bertz CT molecular complexity index is 1470. The lowest BCUT2D eigenvalue weighted by Crippen LogP contribution is -2.39. The minimum atomic E-state index is -2.68. The Hall–Kier alpha value is -3.29. The lowest BCUT2D eigenvalue weighted by atomic mass is 10.1. The highest BCUT2D eigenvalue weighted by Crippen LogP contribution is 2.35. The van der Waals surface area contributed by atoms with Crippen LogP contribution in [0.4, 0.5) is 5.82 Å². The predicted molar refractivity (Wildman–Crippen MR) is 126 cm³/mol. The highest BCUT2D eigenvalue weighted by molar-refractivity contribution is 5.59. The lowest BCUT2D eigenvalue weighted by molar-refractivity contribution is 0.159. The SMILES string of the molecule is [2H]C1(Oc2ccc3c(c2)OC([2H])([2H])C([2H])([2H])O3)CCN(c2nn3c(=O)cc(C(C)C)nc3c(C)c2C)CC1. The quantitative estimate of drug-likeness (QED) is 0.594. The van der Waals surface area contributed by atoms with E-state index < -0.39 is 19.2 Å². The molecule has 8 heteroatoms. The first-order chi connectivity index (χ1) is 17.7. The van der Waals surface area contributed by atoms with Gasteiger partial charge < -0.3 is 19.1 Å². The molecule has 0 amide bonds. The molecule has 0 radical (unpaired) electrons. The molecule has 5 rings (SSSR count). The van der Waals surface area contributed by atoms with Gasteiger partial charge in [-0.25, -0.2) is 4.98 Å². The van der Waals surface area contributed by atoms with Crippen LogP contribution in [0.5, 0.6) is 17.2 Å². The number of aromatic nitrogens is 3. The van der Waals surface area contributed by atoms with E-state index in [0.29, 0.717) is 43.1 Å². The molecular formula is C25H30N4O4. The Morgan fingerprint density at radius 3 is 2.58 bits per heavy atom. The molecule has 174 valence electrons. The average Bonchev–Trinajstić information content (AvgIpc) is 2.82. The number of benzene rings is 1. The Balaban J connectivity index is 1.34. The first-order valence-corrected chi connectivity index (χ1v) is 11.1. The van der Waals surface area contributed by atoms with E-state index >= 15 is 0 Å². The van der Waals surface area contributed by atoms with Crippen LogP contribution in [0.15, 0.2) is 29.1 Å². The molecule has 0 atom stereocenters. The van der Waals surface area contributed by atoms with Crippen LogP contribution in [-0.4, -0.2) is 46.9 Å². The van der Waals surface area contributed by atoms with Gasteiger partial charge >= 0.3 is 0 Å². The molecule has 4 heterocycles. The summed E-state index contributed by atoms with van der Waals surface area (Å²) < 4.78 is 57.5. The maximum absolute atomic E-state index is 12.8. The third-order valence-corrected chi connectivity index (χ3v) is 6.10. The van der Waals surface area contributed by atoms with E-state index in [0.717, 1.165) is 16.8 Å². The fraction of sp³-hybridized carbons (Fsp3) is 0.480. The van der Waals surface area contributed by atoms with E-state index in [4.69, 9.17) is 21.1 Å². The summed E-state index contributed by atoms with van der Waals surface area (Å²) >= 11 is 0. The van der Waals surface area contributed by atoms with Crippen LogP contribution in [-0.2, 0) is 0 Å². The highest BCUT2D eigenvalue weighted by atomic mass is 16.6. The van der Waals surface area contributed by atoms with E-state index in [1.54, 1.807) is 6.07 Å². The van der Waals surface area contributed by atoms with Crippen molar-refractivity contribution in [3.63, 3.8) is 0 Å². The van der Waals surface area contributed by atoms with Crippen molar-refractivity contribution < 1.29 is 21.1 Å². The maximum Gasteiger partial charge on any atom is 0.274 e. The molecule has 2 aromatic heterocycles. The van der Waals surface area contributed by atoms with Crippen LogP contribution in [0.3, 0.4) is 0 Å². The van der Waals surface area contributed by atoms with Gasteiger partial charge in [-0.3, -0.25) is 4.79 Å². The van der Waals surface area contributed by atoms with Gasteiger partial charge in [0.2, 0.25) is 0 Å². The first kappa shape index (κ1) is 16.3. The van der Waals surface area contributed by atoms with E-state index in [1.165, 1.54) is 22.7 Å². The smallest absolute Gasteiger partial charge is 0.274 e. The van der Waals surface area contributed by atoms with Gasteiger partial charge in [-0.05, 0) is 31.9 Å². The fourth-order valence-electron chi connectivity index (χ4n) is 4.04. The molecule has 0 N–H and O–H groups in total. The molecule has 0 bridgehead atoms. The van der Waals surface area contributed by atoms with Gasteiger partial charge in [-0.15, -0.1) is 5.10 Å². The van der Waals surface area contributed by atoms with Gasteiger partial charge in [0, 0.05) is 49.2 Å². The molecule has 0 spiro atoms. The predicted octanol–water partition coefficient (Wildman–Crippen LogP) is 3.65. The minimum absolute atomic E-state index is 0.00907. The number of nitrogens with zero attached hydrogens (tertiary/aromatic N) is 4. The summed E-state index contributed by atoms with van der Waals surface area (Å²) in [6.45, 7) is 3.51. The standard InChI is InChI=1S/C25H30N4O4/c1-15(2)20-14-23(30)29-24(26-20)16(3)17(4)25(27-29)28-9-7-18(8-10-28)33-19-5-6-21-22(13-19)32-12-11-31-21/h5-6,13-15,18H,7-12H2,1-4H3/i11D2,12D2,18D. The average molecular weight is 456 g/mol. The number of piperidine rings is 1. The first-order valence-electron chi connectivity index (χ1n) is 13.6. The summed E-state index contributed by atoms with van der Waals surface area (Å²) in [4.78, 5) is 19.5. The molecule has 0 aliphatic carbocycles. The largest absolute Gasteiger partial charge is 0.490 e. The zero-order chi connectivity index (χ0) is 27.6. The molecule has 1 saturated heterocycles.